The number of nitrogens with zero attached hydrogens (tertiary/aromatic N) is 1. The normalized spacial score (nSPS) is 11.6. The lowest BCUT2D eigenvalue weighted by molar-refractivity contribution is -0.137. The van der Waals surface area contributed by atoms with E-state index in [9.17, 15) is 23.2 Å². The fourth-order valence-corrected chi connectivity index (χ4v) is 4.39. The second-order valence-corrected chi connectivity index (χ2v) is 9.02. The number of nitriles is 1. The summed E-state index contributed by atoms with van der Waals surface area (Å²) in [6.45, 7) is 0.272. The number of fused-ring (bicyclic) bond motifs is 1. The van der Waals surface area contributed by atoms with Crippen LogP contribution in [0.25, 0.3) is 16.8 Å². The highest BCUT2D eigenvalue weighted by molar-refractivity contribution is 9.10. The number of ether oxygens (including phenoxy) is 2. The number of carbonyl (C=O) groups is 1. The van der Waals surface area contributed by atoms with Crippen LogP contribution in [-0.2, 0) is 17.6 Å². The van der Waals surface area contributed by atoms with Gasteiger partial charge in [0.2, 0.25) is 0 Å². The number of alkyl halides is 3. The minimum absolute atomic E-state index is 0.0816. The minimum atomic E-state index is -4.56. The van der Waals surface area contributed by atoms with E-state index >= 15 is 0 Å². The Morgan fingerprint density at radius 1 is 1.05 bits per heavy atom. The molecule has 38 heavy (non-hydrogen) atoms. The second kappa shape index (κ2) is 11.4. The average molecular weight is 581 g/mol. The Balaban J connectivity index is 1.56. The summed E-state index contributed by atoms with van der Waals surface area (Å²) in [6, 6.07) is 23.1. The van der Waals surface area contributed by atoms with Crippen LogP contribution in [0.2, 0.25) is 0 Å². The number of hydrogen-bond donors (Lipinski definition) is 1. The predicted molar refractivity (Wildman–Crippen MR) is 143 cm³/mol. The van der Waals surface area contributed by atoms with E-state index in [0.717, 1.165) is 28.5 Å². The van der Waals surface area contributed by atoms with Crippen LogP contribution in [0.3, 0.4) is 0 Å². The summed E-state index contributed by atoms with van der Waals surface area (Å²) in [7, 11) is 1.46. The molecule has 5 nitrogen and oxygen atoms in total. The van der Waals surface area contributed by atoms with Crippen LogP contribution in [0.1, 0.15) is 16.7 Å². The minimum Gasteiger partial charge on any atom is -0.493 e. The molecule has 0 heterocycles. The van der Waals surface area contributed by atoms with E-state index in [1.54, 1.807) is 18.2 Å². The molecule has 0 unspecified atom stereocenters. The number of amides is 1. The summed E-state index contributed by atoms with van der Waals surface area (Å²) < 4.78 is 51.0. The molecule has 0 fully saturated rings. The zero-order valence-electron chi connectivity index (χ0n) is 20.0. The monoisotopic (exact) mass is 580 g/mol. The first-order valence-electron chi connectivity index (χ1n) is 11.3. The molecule has 0 radical (unpaired) electrons. The number of anilines is 1. The van der Waals surface area contributed by atoms with Crippen LogP contribution in [-0.4, -0.2) is 13.0 Å². The van der Waals surface area contributed by atoms with Gasteiger partial charge in [0, 0.05) is 5.69 Å². The third kappa shape index (κ3) is 6.15. The molecule has 1 amide bonds. The second-order valence-electron chi connectivity index (χ2n) is 8.16. The third-order valence-corrected chi connectivity index (χ3v) is 6.22. The number of halogens is 4. The topological polar surface area (TPSA) is 71.3 Å². The molecule has 0 saturated carbocycles. The smallest absolute Gasteiger partial charge is 0.416 e. The van der Waals surface area contributed by atoms with E-state index in [-0.39, 0.29) is 17.9 Å². The van der Waals surface area contributed by atoms with Gasteiger partial charge in [0.25, 0.3) is 5.91 Å². The summed E-state index contributed by atoms with van der Waals surface area (Å²) in [5.41, 5.74) is 0.134. The van der Waals surface area contributed by atoms with Gasteiger partial charge in [-0.1, -0.05) is 48.5 Å². The molecule has 0 bridgehead atoms. The van der Waals surface area contributed by atoms with Gasteiger partial charge in [0.05, 0.1) is 17.1 Å². The van der Waals surface area contributed by atoms with E-state index in [0.29, 0.717) is 21.5 Å². The molecule has 0 aliphatic heterocycles. The average Bonchev–Trinajstić information content (AvgIpc) is 2.90. The Kier molecular flexibility index (Phi) is 8.03. The van der Waals surface area contributed by atoms with Gasteiger partial charge in [0.15, 0.2) is 11.5 Å². The number of nitrogens with one attached hydrogen (secondary N) is 1. The quantitative estimate of drug-likeness (QED) is 0.179. The van der Waals surface area contributed by atoms with Crippen LogP contribution >= 0.6 is 15.9 Å². The fraction of sp³-hybridized carbons (Fsp3) is 0.103. The van der Waals surface area contributed by atoms with E-state index in [2.05, 4.69) is 21.2 Å². The molecule has 1 N–H and O–H groups in total. The Morgan fingerprint density at radius 3 is 2.53 bits per heavy atom. The lowest BCUT2D eigenvalue weighted by atomic mass is 10.1. The summed E-state index contributed by atoms with van der Waals surface area (Å²) in [5, 5.41) is 14.0. The third-order valence-electron chi connectivity index (χ3n) is 5.63. The number of carbonyl (C=O) groups excluding carboxylic acids is 1. The number of rotatable bonds is 7. The molecule has 0 atom stereocenters. The summed E-state index contributed by atoms with van der Waals surface area (Å²) in [6.07, 6.45) is -3.25. The maximum Gasteiger partial charge on any atom is 0.416 e. The van der Waals surface area contributed by atoms with Gasteiger partial charge in [-0.25, -0.2) is 0 Å². The summed E-state index contributed by atoms with van der Waals surface area (Å²) in [5.74, 6) is -0.0517. The Labute approximate surface area is 225 Å². The van der Waals surface area contributed by atoms with Gasteiger partial charge < -0.3 is 14.8 Å². The van der Waals surface area contributed by atoms with Crippen molar-refractivity contribution in [1.82, 2.24) is 0 Å². The zero-order valence-corrected chi connectivity index (χ0v) is 21.6. The van der Waals surface area contributed by atoms with Gasteiger partial charge in [-0.15, -0.1) is 0 Å². The summed E-state index contributed by atoms with van der Waals surface area (Å²) in [4.78, 5) is 12.6. The van der Waals surface area contributed by atoms with Crippen LogP contribution < -0.4 is 14.8 Å². The van der Waals surface area contributed by atoms with Crippen molar-refractivity contribution in [1.29, 1.82) is 5.26 Å². The van der Waals surface area contributed by atoms with Crippen molar-refractivity contribution in [2.75, 3.05) is 12.4 Å². The van der Waals surface area contributed by atoms with Crippen LogP contribution in [0.5, 0.6) is 11.5 Å². The highest BCUT2D eigenvalue weighted by atomic mass is 79.9. The van der Waals surface area contributed by atoms with E-state index < -0.39 is 17.6 Å². The van der Waals surface area contributed by atoms with Gasteiger partial charge in [-0.2, -0.15) is 18.4 Å². The number of benzene rings is 4. The van der Waals surface area contributed by atoms with E-state index in [4.69, 9.17) is 9.47 Å². The molecule has 0 aliphatic rings. The lowest BCUT2D eigenvalue weighted by Gasteiger charge is -2.15. The van der Waals surface area contributed by atoms with Crippen LogP contribution in [0, 0.1) is 11.3 Å². The molecule has 4 aromatic rings. The fourth-order valence-electron chi connectivity index (χ4n) is 3.82. The summed E-state index contributed by atoms with van der Waals surface area (Å²) >= 11 is 3.47. The highest BCUT2D eigenvalue weighted by Gasteiger charge is 2.30. The van der Waals surface area contributed by atoms with Crippen molar-refractivity contribution in [3.8, 4) is 17.6 Å². The van der Waals surface area contributed by atoms with E-state index in [1.807, 2.05) is 42.5 Å². The SMILES string of the molecule is COc1cc(/C=C(\C#N)C(=O)Nc2cccc(C(F)(F)F)c2)cc(Br)c1OCc1cccc2ccccc12. The van der Waals surface area contributed by atoms with Gasteiger partial charge >= 0.3 is 6.18 Å². The van der Waals surface area contributed by atoms with Crippen molar-refractivity contribution >= 4 is 44.4 Å². The van der Waals surface area contributed by atoms with Crippen molar-refractivity contribution in [2.45, 2.75) is 12.8 Å². The zero-order chi connectivity index (χ0) is 27.3. The Hall–Kier alpha value is -4.29. The Morgan fingerprint density at radius 2 is 1.79 bits per heavy atom. The predicted octanol–water partition coefficient (Wildman–Crippen LogP) is 7.75. The van der Waals surface area contributed by atoms with Gasteiger partial charge in [0.1, 0.15) is 18.2 Å². The molecule has 0 spiro atoms. The maximum absolute atomic E-state index is 13.0. The first kappa shape index (κ1) is 26.8. The standard InChI is InChI=1S/C29H20BrF3N2O3/c1-37-26-14-18(12-21(16-34)28(36)35-23-10-5-9-22(15-23)29(31,32)33)13-25(30)27(26)38-17-20-8-4-7-19-6-2-3-11-24(19)20/h2-15H,17H2,1H3,(H,35,36)/b21-12+. The first-order chi connectivity index (χ1) is 18.2. The van der Waals surface area contributed by atoms with Crippen molar-refractivity contribution in [3.05, 3.63) is 106 Å². The Bertz CT molecular complexity index is 1570. The maximum atomic E-state index is 13.0. The molecular formula is C29H20BrF3N2O3. The van der Waals surface area contributed by atoms with Gasteiger partial charge in [-0.05, 0) is 74.2 Å². The highest BCUT2D eigenvalue weighted by Crippen LogP contribution is 2.38. The van der Waals surface area contributed by atoms with E-state index in [1.165, 1.54) is 25.3 Å². The lowest BCUT2D eigenvalue weighted by Crippen LogP contribution is -2.14. The molecular weight excluding hydrogens is 561 g/mol. The van der Waals surface area contributed by atoms with Gasteiger partial charge in [-0.3, -0.25) is 4.79 Å². The van der Waals surface area contributed by atoms with Crippen LogP contribution in [0.4, 0.5) is 18.9 Å². The first-order valence-corrected chi connectivity index (χ1v) is 12.1. The molecule has 4 rings (SSSR count). The molecule has 192 valence electrons. The van der Waals surface area contributed by atoms with Crippen molar-refractivity contribution < 1.29 is 27.4 Å². The number of methoxy groups -OCH3 is 1. The molecule has 0 saturated heterocycles. The largest absolute Gasteiger partial charge is 0.493 e. The molecule has 0 aliphatic carbocycles. The van der Waals surface area contributed by atoms with Crippen molar-refractivity contribution in [3.63, 3.8) is 0 Å². The molecule has 9 heteroatoms. The number of hydrogen-bond acceptors (Lipinski definition) is 4. The van der Waals surface area contributed by atoms with Crippen molar-refractivity contribution in [2.24, 2.45) is 0 Å². The van der Waals surface area contributed by atoms with Crippen LogP contribution in [0.15, 0.2) is 88.9 Å². The molecule has 4 aromatic carbocycles. The molecule has 0 aromatic heterocycles.